The number of nitrogens with one attached hydrogen (secondary N) is 2. The Bertz CT molecular complexity index is 597. The van der Waals surface area contributed by atoms with Gasteiger partial charge in [0.25, 0.3) is 5.91 Å². The molecule has 1 atom stereocenters. The second kappa shape index (κ2) is 6.90. The number of carbonyl (C=O) groups is 1. The van der Waals surface area contributed by atoms with Crippen LogP contribution in [0.25, 0.3) is 0 Å². The van der Waals surface area contributed by atoms with E-state index in [2.05, 4.69) is 38.9 Å². The molecule has 2 N–H and O–H groups in total. The quantitative estimate of drug-likeness (QED) is 0.835. The highest BCUT2D eigenvalue weighted by atomic mass is 79.9. The van der Waals surface area contributed by atoms with Gasteiger partial charge in [0.2, 0.25) is 0 Å². The zero-order chi connectivity index (χ0) is 14.5. The largest absolute Gasteiger partial charge is 0.378 e. The summed E-state index contributed by atoms with van der Waals surface area (Å²) < 4.78 is 1.11. The van der Waals surface area contributed by atoms with E-state index in [4.69, 9.17) is 0 Å². The first-order chi connectivity index (χ1) is 9.61. The van der Waals surface area contributed by atoms with Crippen molar-refractivity contribution in [1.29, 1.82) is 0 Å². The number of amides is 1. The van der Waals surface area contributed by atoms with Crippen LogP contribution >= 0.6 is 27.3 Å². The zero-order valence-corrected chi connectivity index (χ0v) is 13.8. The molecule has 1 aromatic heterocycles. The van der Waals surface area contributed by atoms with Gasteiger partial charge in [-0.15, -0.1) is 11.3 Å². The Morgan fingerprint density at radius 3 is 2.85 bits per heavy atom. The summed E-state index contributed by atoms with van der Waals surface area (Å²) in [4.78, 5) is 13.1. The van der Waals surface area contributed by atoms with Gasteiger partial charge in [-0.1, -0.05) is 6.07 Å². The molecular weight excluding hydrogens is 336 g/mol. The smallest absolute Gasteiger partial charge is 0.251 e. The molecule has 20 heavy (non-hydrogen) atoms. The lowest BCUT2D eigenvalue weighted by Gasteiger charge is -2.15. The third kappa shape index (κ3) is 3.61. The van der Waals surface area contributed by atoms with E-state index in [1.54, 1.807) is 11.3 Å². The van der Waals surface area contributed by atoms with Crippen LogP contribution in [0.3, 0.4) is 0 Å². The average Bonchev–Trinajstić information content (AvgIpc) is 2.85. The van der Waals surface area contributed by atoms with Crippen molar-refractivity contribution in [3.63, 3.8) is 0 Å². The van der Waals surface area contributed by atoms with Crippen LogP contribution in [0.15, 0.2) is 40.2 Å². The Balaban J connectivity index is 2.12. The fourth-order valence-corrected chi connectivity index (χ4v) is 3.67. The van der Waals surface area contributed by atoms with Gasteiger partial charge in [-0.3, -0.25) is 4.79 Å². The van der Waals surface area contributed by atoms with Crippen LogP contribution in [0.5, 0.6) is 0 Å². The van der Waals surface area contributed by atoms with E-state index in [0.717, 1.165) is 10.2 Å². The predicted molar refractivity (Wildman–Crippen MR) is 88.5 cm³/mol. The molecule has 2 rings (SSSR count). The fraction of sp³-hybridized carbons (Fsp3) is 0.267. The Labute approximate surface area is 131 Å². The van der Waals surface area contributed by atoms with Crippen molar-refractivity contribution in [2.45, 2.75) is 19.9 Å². The molecule has 1 heterocycles. The van der Waals surface area contributed by atoms with E-state index in [1.165, 1.54) is 4.88 Å². The Morgan fingerprint density at radius 1 is 1.40 bits per heavy atom. The molecule has 0 aliphatic rings. The second-order valence-electron chi connectivity index (χ2n) is 4.44. The van der Waals surface area contributed by atoms with Gasteiger partial charge in [0.05, 0.1) is 6.04 Å². The maximum atomic E-state index is 11.8. The van der Waals surface area contributed by atoms with Crippen molar-refractivity contribution in [1.82, 2.24) is 5.32 Å². The number of thiophene rings is 1. The van der Waals surface area contributed by atoms with Crippen LogP contribution in [-0.2, 0) is 0 Å². The minimum atomic E-state index is -0.0406. The van der Waals surface area contributed by atoms with Gasteiger partial charge in [0.1, 0.15) is 0 Å². The first-order valence-corrected chi connectivity index (χ1v) is 8.16. The zero-order valence-electron chi connectivity index (χ0n) is 11.4. The molecule has 0 aliphatic heterocycles. The second-order valence-corrected chi connectivity index (χ2v) is 6.24. The summed E-state index contributed by atoms with van der Waals surface area (Å²) in [6.45, 7) is 4.65. The monoisotopic (exact) mass is 352 g/mol. The first kappa shape index (κ1) is 15.1. The molecule has 2 aromatic rings. The van der Waals surface area contributed by atoms with Crippen molar-refractivity contribution in [2.24, 2.45) is 0 Å². The van der Waals surface area contributed by atoms with Crippen LogP contribution < -0.4 is 10.6 Å². The van der Waals surface area contributed by atoms with Gasteiger partial charge in [0.15, 0.2) is 0 Å². The summed E-state index contributed by atoms with van der Waals surface area (Å²) >= 11 is 5.25. The van der Waals surface area contributed by atoms with Crippen molar-refractivity contribution in [2.75, 3.05) is 11.9 Å². The lowest BCUT2D eigenvalue weighted by molar-refractivity contribution is 0.0956. The maximum Gasteiger partial charge on any atom is 0.251 e. The summed E-state index contributed by atoms with van der Waals surface area (Å²) in [5, 5.41) is 8.29. The predicted octanol–water partition coefficient (Wildman–Crippen LogP) is 4.43. The molecule has 106 valence electrons. The van der Waals surface area contributed by atoms with Gasteiger partial charge in [-0.2, -0.15) is 0 Å². The standard InChI is InChI=1S/C15H17BrN2OS/c1-3-17-15(19)11-5-4-6-12(9-11)18-10(2)14-13(16)7-8-20-14/h4-10,18H,3H2,1-2H3,(H,17,19). The summed E-state index contributed by atoms with van der Waals surface area (Å²) in [6.07, 6.45) is 0. The molecule has 0 spiro atoms. The molecule has 1 unspecified atom stereocenters. The fourth-order valence-electron chi connectivity index (χ4n) is 1.94. The molecule has 5 heteroatoms. The van der Waals surface area contributed by atoms with Crippen molar-refractivity contribution in [3.8, 4) is 0 Å². The lowest BCUT2D eigenvalue weighted by Crippen LogP contribution is -2.22. The van der Waals surface area contributed by atoms with Crippen LogP contribution in [0, 0.1) is 0 Å². The maximum absolute atomic E-state index is 11.8. The SMILES string of the molecule is CCNC(=O)c1cccc(NC(C)c2sccc2Br)c1. The van der Waals surface area contributed by atoms with E-state index in [9.17, 15) is 4.79 Å². The molecule has 0 bridgehead atoms. The van der Waals surface area contributed by atoms with Gasteiger partial charge in [0, 0.05) is 27.1 Å². The van der Waals surface area contributed by atoms with Gasteiger partial charge >= 0.3 is 0 Å². The number of halogens is 1. The highest BCUT2D eigenvalue weighted by Gasteiger charge is 2.11. The van der Waals surface area contributed by atoms with E-state index in [0.29, 0.717) is 12.1 Å². The number of carbonyl (C=O) groups excluding carboxylic acids is 1. The average molecular weight is 353 g/mol. The summed E-state index contributed by atoms with van der Waals surface area (Å²) in [5.41, 5.74) is 1.62. The summed E-state index contributed by atoms with van der Waals surface area (Å²) in [7, 11) is 0. The van der Waals surface area contributed by atoms with Crippen molar-refractivity contribution in [3.05, 3.63) is 50.6 Å². The summed E-state index contributed by atoms with van der Waals surface area (Å²) in [6, 6.07) is 9.80. The minimum Gasteiger partial charge on any atom is -0.378 e. The first-order valence-electron chi connectivity index (χ1n) is 6.49. The van der Waals surface area contributed by atoms with Crippen molar-refractivity contribution >= 4 is 38.9 Å². The third-order valence-electron chi connectivity index (χ3n) is 2.88. The number of hydrogen-bond donors (Lipinski definition) is 2. The van der Waals surface area contributed by atoms with E-state index >= 15 is 0 Å². The Hall–Kier alpha value is -1.33. The molecular formula is C15H17BrN2OS. The minimum absolute atomic E-state index is 0.0406. The van der Waals surface area contributed by atoms with Crippen LogP contribution in [0.2, 0.25) is 0 Å². The van der Waals surface area contributed by atoms with E-state index in [-0.39, 0.29) is 11.9 Å². The molecule has 1 amide bonds. The number of benzene rings is 1. The number of hydrogen-bond acceptors (Lipinski definition) is 3. The number of rotatable bonds is 5. The highest BCUT2D eigenvalue weighted by Crippen LogP contribution is 2.31. The van der Waals surface area contributed by atoms with E-state index in [1.807, 2.05) is 37.3 Å². The molecule has 3 nitrogen and oxygen atoms in total. The molecule has 0 fully saturated rings. The van der Waals surface area contributed by atoms with Gasteiger partial charge in [-0.05, 0) is 59.4 Å². The van der Waals surface area contributed by atoms with Gasteiger partial charge in [-0.25, -0.2) is 0 Å². The lowest BCUT2D eigenvalue weighted by atomic mass is 10.1. The van der Waals surface area contributed by atoms with Crippen molar-refractivity contribution < 1.29 is 4.79 Å². The van der Waals surface area contributed by atoms with Crippen LogP contribution in [0.1, 0.15) is 35.1 Å². The highest BCUT2D eigenvalue weighted by molar-refractivity contribution is 9.10. The normalized spacial score (nSPS) is 11.9. The van der Waals surface area contributed by atoms with Crippen LogP contribution in [-0.4, -0.2) is 12.5 Å². The van der Waals surface area contributed by atoms with Gasteiger partial charge < -0.3 is 10.6 Å². The molecule has 0 aliphatic carbocycles. The third-order valence-corrected chi connectivity index (χ3v) is 4.94. The van der Waals surface area contributed by atoms with E-state index < -0.39 is 0 Å². The van der Waals surface area contributed by atoms with Crippen LogP contribution in [0.4, 0.5) is 5.69 Å². The Morgan fingerprint density at radius 2 is 2.20 bits per heavy atom. The molecule has 1 aromatic carbocycles. The molecule has 0 radical (unpaired) electrons. The Kier molecular flexibility index (Phi) is 5.20. The molecule has 0 saturated carbocycles. The summed E-state index contributed by atoms with van der Waals surface area (Å²) in [5.74, 6) is -0.0406. The molecule has 0 saturated heterocycles. The number of anilines is 1. The topological polar surface area (TPSA) is 41.1 Å².